The topological polar surface area (TPSA) is 85.8 Å². The standard InChI is InChI=1S/C16H29N5O2/c1-3-15(23)21-10-8-13(11-21)20-16(17-2)18-9-4-5-14(22)19-12-6-7-12/h12-13H,3-11H2,1-2H3,(H,19,22)(H2,17,18,20). The molecule has 0 radical (unpaired) electrons. The van der Waals surface area contributed by atoms with Crippen LogP contribution in [0.25, 0.3) is 0 Å². The number of likely N-dealkylation sites (tertiary alicyclic amines) is 1. The molecule has 130 valence electrons. The van der Waals surface area contributed by atoms with Crippen LogP contribution in [-0.2, 0) is 9.59 Å². The molecule has 1 atom stereocenters. The number of aliphatic imine (C=N–C) groups is 1. The molecule has 3 N–H and O–H groups in total. The second-order valence-electron chi connectivity index (χ2n) is 6.27. The van der Waals surface area contributed by atoms with Gasteiger partial charge in [-0.2, -0.15) is 0 Å². The third-order valence-corrected chi connectivity index (χ3v) is 4.22. The number of hydrogen-bond acceptors (Lipinski definition) is 3. The minimum Gasteiger partial charge on any atom is -0.356 e. The van der Waals surface area contributed by atoms with E-state index >= 15 is 0 Å². The highest BCUT2D eigenvalue weighted by Crippen LogP contribution is 2.18. The summed E-state index contributed by atoms with van der Waals surface area (Å²) in [5, 5.41) is 9.57. The molecule has 2 amide bonds. The summed E-state index contributed by atoms with van der Waals surface area (Å²) in [4.78, 5) is 29.4. The van der Waals surface area contributed by atoms with Crippen molar-refractivity contribution in [1.82, 2.24) is 20.9 Å². The lowest BCUT2D eigenvalue weighted by atomic mass is 10.2. The Bertz CT molecular complexity index is 448. The molecule has 2 fully saturated rings. The fourth-order valence-corrected chi connectivity index (χ4v) is 2.70. The molecular formula is C16H29N5O2. The third-order valence-electron chi connectivity index (χ3n) is 4.22. The van der Waals surface area contributed by atoms with Crippen molar-refractivity contribution >= 4 is 17.8 Å². The number of guanidine groups is 1. The van der Waals surface area contributed by atoms with Gasteiger partial charge >= 0.3 is 0 Å². The quantitative estimate of drug-likeness (QED) is 0.355. The molecule has 1 saturated carbocycles. The lowest BCUT2D eigenvalue weighted by Crippen LogP contribution is -2.45. The molecule has 0 bridgehead atoms. The molecule has 7 nitrogen and oxygen atoms in total. The van der Waals surface area contributed by atoms with E-state index in [2.05, 4.69) is 20.9 Å². The second kappa shape index (κ2) is 8.74. The maximum Gasteiger partial charge on any atom is 0.222 e. The molecule has 0 aromatic rings. The molecule has 1 aliphatic carbocycles. The van der Waals surface area contributed by atoms with Crippen molar-refractivity contribution in [3.05, 3.63) is 0 Å². The number of hydrogen-bond donors (Lipinski definition) is 3. The van der Waals surface area contributed by atoms with Crippen LogP contribution in [0.5, 0.6) is 0 Å². The Morgan fingerprint density at radius 1 is 1.17 bits per heavy atom. The van der Waals surface area contributed by atoms with Gasteiger partial charge in [-0.25, -0.2) is 0 Å². The number of nitrogens with zero attached hydrogens (tertiary/aromatic N) is 2. The third kappa shape index (κ3) is 6.08. The molecule has 23 heavy (non-hydrogen) atoms. The van der Waals surface area contributed by atoms with Crippen molar-refractivity contribution in [3.8, 4) is 0 Å². The van der Waals surface area contributed by atoms with Crippen molar-refractivity contribution < 1.29 is 9.59 Å². The molecule has 0 aromatic carbocycles. The van der Waals surface area contributed by atoms with Crippen LogP contribution in [0.3, 0.4) is 0 Å². The molecular weight excluding hydrogens is 294 g/mol. The summed E-state index contributed by atoms with van der Waals surface area (Å²) in [6, 6.07) is 0.677. The summed E-state index contributed by atoms with van der Waals surface area (Å²) < 4.78 is 0. The Morgan fingerprint density at radius 3 is 2.61 bits per heavy atom. The van der Waals surface area contributed by atoms with Gasteiger partial charge < -0.3 is 20.9 Å². The molecule has 7 heteroatoms. The monoisotopic (exact) mass is 323 g/mol. The van der Waals surface area contributed by atoms with E-state index in [9.17, 15) is 9.59 Å². The first-order chi connectivity index (χ1) is 11.1. The van der Waals surface area contributed by atoms with Gasteiger partial charge in [0.2, 0.25) is 11.8 Å². The van der Waals surface area contributed by atoms with E-state index in [-0.39, 0.29) is 17.9 Å². The van der Waals surface area contributed by atoms with Crippen molar-refractivity contribution in [3.63, 3.8) is 0 Å². The highest BCUT2D eigenvalue weighted by molar-refractivity contribution is 5.81. The predicted molar refractivity (Wildman–Crippen MR) is 90.2 cm³/mol. The number of nitrogens with one attached hydrogen (secondary N) is 3. The lowest BCUT2D eigenvalue weighted by molar-refractivity contribution is -0.129. The minimum absolute atomic E-state index is 0.141. The first-order valence-corrected chi connectivity index (χ1v) is 8.66. The first kappa shape index (κ1) is 17.6. The van der Waals surface area contributed by atoms with Gasteiger partial charge in [-0.3, -0.25) is 14.6 Å². The average Bonchev–Trinajstić information content (AvgIpc) is 3.24. The summed E-state index contributed by atoms with van der Waals surface area (Å²) in [5.41, 5.74) is 0. The van der Waals surface area contributed by atoms with Crippen molar-refractivity contribution in [2.75, 3.05) is 26.7 Å². The highest BCUT2D eigenvalue weighted by atomic mass is 16.2. The van der Waals surface area contributed by atoms with Crippen LogP contribution in [0, 0.1) is 0 Å². The van der Waals surface area contributed by atoms with Gasteiger partial charge in [0.1, 0.15) is 0 Å². The van der Waals surface area contributed by atoms with Crippen LogP contribution >= 0.6 is 0 Å². The molecule has 1 aliphatic heterocycles. The second-order valence-corrected chi connectivity index (χ2v) is 6.27. The van der Waals surface area contributed by atoms with Gasteiger partial charge in [-0.15, -0.1) is 0 Å². The van der Waals surface area contributed by atoms with Gasteiger partial charge in [-0.1, -0.05) is 6.92 Å². The van der Waals surface area contributed by atoms with E-state index in [1.165, 1.54) is 0 Å². The Kier molecular flexibility index (Phi) is 6.67. The minimum atomic E-state index is 0.141. The fraction of sp³-hybridized carbons (Fsp3) is 0.812. The van der Waals surface area contributed by atoms with E-state index < -0.39 is 0 Å². The summed E-state index contributed by atoms with van der Waals surface area (Å²) in [7, 11) is 1.74. The van der Waals surface area contributed by atoms with Crippen molar-refractivity contribution in [1.29, 1.82) is 0 Å². The van der Waals surface area contributed by atoms with Crippen molar-refractivity contribution in [2.45, 2.75) is 57.5 Å². The number of amides is 2. The van der Waals surface area contributed by atoms with Crippen LogP contribution in [-0.4, -0.2) is 61.4 Å². The molecule has 1 heterocycles. The number of carbonyl (C=O) groups excluding carboxylic acids is 2. The van der Waals surface area contributed by atoms with Gasteiger partial charge in [-0.05, 0) is 25.7 Å². The van der Waals surface area contributed by atoms with Crippen LogP contribution in [0.1, 0.15) is 45.4 Å². The van der Waals surface area contributed by atoms with Crippen LogP contribution in [0.2, 0.25) is 0 Å². The maximum atomic E-state index is 11.7. The van der Waals surface area contributed by atoms with Gasteiger partial charge in [0, 0.05) is 51.6 Å². The zero-order valence-electron chi connectivity index (χ0n) is 14.2. The Balaban J connectivity index is 1.60. The van der Waals surface area contributed by atoms with Crippen LogP contribution in [0.4, 0.5) is 0 Å². The van der Waals surface area contributed by atoms with Crippen molar-refractivity contribution in [2.24, 2.45) is 4.99 Å². The van der Waals surface area contributed by atoms with Gasteiger partial charge in [0.25, 0.3) is 0 Å². The molecule has 0 aromatic heterocycles. The van der Waals surface area contributed by atoms with E-state index in [1.807, 2.05) is 11.8 Å². The van der Waals surface area contributed by atoms with Crippen LogP contribution < -0.4 is 16.0 Å². The fourth-order valence-electron chi connectivity index (χ4n) is 2.70. The normalized spacial score (nSPS) is 21.2. The summed E-state index contributed by atoms with van der Waals surface area (Å²) >= 11 is 0. The van der Waals surface area contributed by atoms with E-state index in [4.69, 9.17) is 0 Å². The molecule has 0 spiro atoms. The van der Waals surface area contributed by atoms with Gasteiger partial charge in [0.15, 0.2) is 5.96 Å². The molecule has 1 unspecified atom stereocenters. The zero-order valence-corrected chi connectivity index (χ0v) is 14.2. The first-order valence-electron chi connectivity index (χ1n) is 8.66. The zero-order chi connectivity index (χ0) is 16.7. The molecule has 2 aliphatic rings. The number of rotatable bonds is 7. The van der Waals surface area contributed by atoms with Gasteiger partial charge in [0.05, 0.1) is 0 Å². The van der Waals surface area contributed by atoms with E-state index in [0.29, 0.717) is 25.4 Å². The highest BCUT2D eigenvalue weighted by Gasteiger charge is 2.26. The summed E-state index contributed by atoms with van der Waals surface area (Å²) in [5.74, 6) is 1.09. The Morgan fingerprint density at radius 2 is 1.96 bits per heavy atom. The molecule has 2 rings (SSSR count). The van der Waals surface area contributed by atoms with E-state index in [0.717, 1.165) is 44.7 Å². The molecule has 1 saturated heterocycles. The average molecular weight is 323 g/mol. The lowest BCUT2D eigenvalue weighted by Gasteiger charge is -2.18. The van der Waals surface area contributed by atoms with Crippen LogP contribution in [0.15, 0.2) is 4.99 Å². The van der Waals surface area contributed by atoms with E-state index in [1.54, 1.807) is 7.05 Å². The number of carbonyl (C=O) groups is 2. The SMILES string of the molecule is CCC(=O)N1CCC(NC(=NC)NCCCC(=O)NC2CC2)C1. The maximum absolute atomic E-state index is 11.7. The Hall–Kier alpha value is -1.79. The Labute approximate surface area is 138 Å². The summed E-state index contributed by atoms with van der Waals surface area (Å²) in [6.07, 6.45) is 5.07. The summed E-state index contributed by atoms with van der Waals surface area (Å²) in [6.45, 7) is 4.14. The largest absolute Gasteiger partial charge is 0.356 e. The predicted octanol–water partition coefficient (Wildman–Crippen LogP) is 0.221. The smallest absolute Gasteiger partial charge is 0.222 e.